The molecule has 2 aromatic heterocycles. The number of nitrogens with zero attached hydrogens (tertiary/aromatic N) is 2. The Labute approximate surface area is 161 Å². The third kappa shape index (κ3) is 4.39. The maximum Gasteiger partial charge on any atom is 0.213 e. The van der Waals surface area contributed by atoms with Gasteiger partial charge in [0.2, 0.25) is 5.16 Å². The van der Waals surface area contributed by atoms with Crippen LogP contribution in [-0.2, 0) is 4.79 Å². The molecule has 138 valence electrons. The zero-order valence-corrected chi connectivity index (χ0v) is 15.3. The lowest BCUT2D eigenvalue weighted by atomic mass is 10.1. The molecule has 0 bridgehead atoms. The van der Waals surface area contributed by atoms with Crippen molar-refractivity contribution in [2.24, 2.45) is 0 Å². The predicted octanol–water partition coefficient (Wildman–Crippen LogP) is 1.27. The zero-order chi connectivity index (χ0) is 19.6. The number of aryl methyl sites for hydroxylation is 1. The van der Waals surface area contributed by atoms with Crippen LogP contribution in [-0.4, -0.2) is 27.1 Å². The predicted molar refractivity (Wildman–Crippen MR) is 93.4 cm³/mol. The molecule has 0 aliphatic carbocycles. The summed E-state index contributed by atoms with van der Waals surface area (Å²) < 4.78 is 5.60. The molecule has 0 unspecified atom stereocenters. The number of carbonyl (C=O) groups excluding carboxylic acids is 2. The summed E-state index contributed by atoms with van der Waals surface area (Å²) in [5.74, 6) is -1.60. The molecule has 1 aromatic carbocycles. The second-order valence-corrected chi connectivity index (χ2v) is 6.70. The van der Waals surface area contributed by atoms with E-state index in [9.17, 15) is 19.8 Å². The van der Waals surface area contributed by atoms with Crippen LogP contribution in [0.15, 0.2) is 44.8 Å². The third-order valence-electron chi connectivity index (χ3n) is 3.35. The van der Waals surface area contributed by atoms with Crippen LogP contribution in [0.1, 0.15) is 21.9 Å². The number of aromatic nitrogens is 3. The molecule has 0 atom stereocenters. The van der Waals surface area contributed by atoms with Gasteiger partial charge in [-0.2, -0.15) is 0 Å². The van der Waals surface area contributed by atoms with Gasteiger partial charge >= 0.3 is 0 Å². The van der Waals surface area contributed by atoms with Gasteiger partial charge in [0.1, 0.15) is 17.3 Å². The maximum absolute atomic E-state index is 11.4. The summed E-state index contributed by atoms with van der Waals surface area (Å²) in [6.07, 6.45) is 1.28. The minimum atomic E-state index is -1.40. The van der Waals surface area contributed by atoms with Gasteiger partial charge < -0.3 is 24.2 Å². The van der Waals surface area contributed by atoms with Crippen molar-refractivity contribution in [3.05, 3.63) is 57.4 Å². The van der Waals surface area contributed by atoms with Crippen LogP contribution in [0, 0.1) is 6.92 Å². The Morgan fingerprint density at radius 1 is 1.26 bits per heavy atom. The molecule has 0 saturated heterocycles. The van der Waals surface area contributed by atoms with Crippen LogP contribution >= 0.6 is 23.4 Å². The first kappa shape index (κ1) is 18.7. The Kier molecular flexibility index (Phi) is 5.33. The molecule has 27 heavy (non-hydrogen) atoms. The topological polar surface area (TPSA) is 135 Å². The summed E-state index contributed by atoms with van der Waals surface area (Å²) in [5, 5.41) is 29.0. The smallest absolute Gasteiger partial charge is 0.213 e. The van der Waals surface area contributed by atoms with Crippen LogP contribution in [0.2, 0.25) is 5.02 Å². The molecule has 0 aliphatic rings. The maximum atomic E-state index is 11.4. The molecule has 1 N–H and O–H groups in total. The number of H-pyrrole nitrogens is 1. The van der Waals surface area contributed by atoms with Crippen LogP contribution in [0.4, 0.5) is 0 Å². The van der Waals surface area contributed by atoms with Crippen molar-refractivity contribution in [3.63, 3.8) is 0 Å². The molecule has 0 aliphatic heterocycles. The van der Waals surface area contributed by atoms with Crippen molar-refractivity contribution < 1.29 is 24.2 Å². The molecule has 0 radical (unpaired) electrons. The lowest BCUT2D eigenvalue weighted by Crippen LogP contribution is -2.23. The van der Waals surface area contributed by atoms with E-state index >= 15 is 0 Å². The van der Waals surface area contributed by atoms with Crippen molar-refractivity contribution in [2.45, 2.75) is 12.1 Å². The summed E-state index contributed by atoms with van der Waals surface area (Å²) in [7, 11) is 0. The highest BCUT2D eigenvalue weighted by Crippen LogP contribution is 2.30. The van der Waals surface area contributed by atoms with Crippen molar-refractivity contribution in [1.82, 2.24) is 15.2 Å². The number of aliphatic carboxylic acids is 1. The minimum absolute atomic E-state index is 0.00643. The molecular formula is C17H10ClN3O5S-2. The molecule has 2 heterocycles. The molecule has 3 rings (SSSR count). The van der Waals surface area contributed by atoms with Crippen LogP contribution < -0.4 is 10.2 Å². The van der Waals surface area contributed by atoms with Gasteiger partial charge in [0.05, 0.1) is 17.0 Å². The highest BCUT2D eigenvalue weighted by molar-refractivity contribution is 8.04. The van der Waals surface area contributed by atoms with Gasteiger partial charge in [-0.15, -0.1) is 5.10 Å². The van der Waals surface area contributed by atoms with Crippen LogP contribution in [0.25, 0.3) is 17.4 Å². The summed E-state index contributed by atoms with van der Waals surface area (Å²) in [6.45, 7) is 1.69. The molecule has 8 nitrogen and oxygen atoms in total. The number of benzene rings is 1. The lowest BCUT2D eigenvalue weighted by molar-refractivity contribution is -0.298. The monoisotopic (exact) mass is 403 g/mol. The van der Waals surface area contributed by atoms with Crippen LogP contribution in [0.3, 0.4) is 0 Å². The second kappa shape index (κ2) is 7.68. The number of hydrogen-bond acceptors (Lipinski definition) is 8. The number of rotatable bonds is 6. The van der Waals surface area contributed by atoms with E-state index in [1.54, 1.807) is 19.1 Å². The normalized spacial score (nSPS) is 11.6. The number of aromatic amines is 1. The van der Waals surface area contributed by atoms with E-state index in [0.29, 0.717) is 17.1 Å². The summed E-state index contributed by atoms with van der Waals surface area (Å²) in [4.78, 5) is 26.1. The quantitative estimate of drug-likeness (QED) is 0.480. The van der Waals surface area contributed by atoms with E-state index in [2.05, 4.69) is 15.2 Å². The van der Waals surface area contributed by atoms with Crippen molar-refractivity contribution in [3.8, 4) is 11.3 Å². The number of aromatic carboxylic acids is 1. The van der Waals surface area contributed by atoms with Crippen LogP contribution in [0.5, 0.6) is 0 Å². The molecule has 10 heteroatoms. The van der Waals surface area contributed by atoms with Crippen molar-refractivity contribution in [1.29, 1.82) is 0 Å². The molecule has 0 saturated carbocycles. The molecule has 3 aromatic rings. The Morgan fingerprint density at radius 3 is 2.63 bits per heavy atom. The SMILES string of the molecule is Cc1nc(S/C(=C/c2ccc(-c3ccc(C(=O)[O-])c(Cl)c3)o2)C(=O)[O-])n[nH]1. The average Bonchev–Trinajstić information content (AvgIpc) is 3.23. The van der Waals surface area contributed by atoms with Gasteiger partial charge in [0.25, 0.3) is 0 Å². The number of carboxylic acid groups (broad SMARTS) is 2. The minimum Gasteiger partial charge on any atom is -0.545 e. The number of halogens is 1. The van der Waals surface area contributed by atoms with E-state index in [0.717, 1.165) is 11.8 Å². The first-order valence-electron chi connectivity index (χ1n) is 7.44. The largest absolute Gasteiger partial charge is 0.545 e. The van der Waals surface area contributed by atoms with Gasteiger partial charge in [-0.25, -0.2) is 4.98 Å². The van der Waals surface area contributed by atoms with E-state index in [1.807, 2.05) is 0 Å². The number of furan rings is 1. The van der Waals surface area contributed by atoms with Gasteiger partial charge in [-0.3, -0.25) is 5.10 Å². The molecule has 0 fully saturated rings. The standard InChI is InChI=1S/C17H12ClN3O5S/c1-8-19-17(21-20-8)27-14(16(24)25)7-10-3-5-13(26-10)9-2-4-11(15(22)23)12(18)6-9/h2-7H,1H3,(H,22,23)(H,24,25)(H,19,20,21)/p-2/b14-7+. The molecular weight excluding hydrogens is 394 g/mol. The van der Waals surface area contributed by atoms with Gasteiger partial charge in [-0.1, -0.05) is 23.7 Å². The van der Waals surface area contributed by atoms with Gasteiger partial charge in [0, 0.05) is 16.0 Å². The third-order valence-corrected chi connectivity index (χ3v) is 4.54. The van der Waals surface area contributed by atoms with E-state index in [-0.39, 0.29) is 26.4 Å². The highest BCUT2D eigenvalue weighted by Gasteiger charge is 2.11. The Balaban J connectivity index is 1.87. The summed E-state index contributed by atoms with van der Waals surface area (Å²) in [5.41, 5.74) is 0.390. The zero-order valence-electron chi connectivity index (χ0n) is 13.7. The Bertz CT molecular complexity index is 1060. The number of carboxylic acids is 2. The van der Waals surface area contributed by atoms with E-state index in [4.69, 9.17) is 16.0 Å². The molecule has 0 spiro atoms. The second-order valence-electron chi connectivity index (χ2n) is 5.29. The summed E-state index contributed by atoms with van der Waals surface area (Å²) >= 11 is 6.74. The number of thioether (sulfide) groups is 1. The number of hydrogen-bond donors (Lipinski definition) is 1. The van der Waals surface area contributed by atoms with Crippen molar-refractivity contribution in [2.75, 3.05) is 0 Å². The number of carbonyl (C=O) groups is 2. The first-order valence-corrected chi connectivity index (χ1v) is 8.64. The fourth-order valence-electron chi connectivity index (χ4n) is 2.14. The lowest BCUT2D eigenvalue weighted by Gasteiger charge is -2.06. The fraction of sp³-hybridized carbons (Fsp3) is 0.0588. The van der Waals surface area contributed by atoms with Gasteiger partial charge in [0.15, 0.2) is 0 Å². The average molecular weight is 404 g/mol. The highest BCUT2D eigenvalue weighted by atomic mass is 35.5. The van der Waals surface area contributed by atoms with Crippen molar-refractivity contribution >= 4 is 41.4 Å². The summed E-state index contributed by atoms with van der Waals surface area (Å²) in [6, 6.07) is 7.39. The van der Waals surface area contributed by atoms with E-state index in [1.165, 1.54) is 24.3 Å². The molecule has 0 amide bonds. The first-order chi connectivity index (χ1) is 12.8. The Morgan fingerprint density at radius 2 is 2.04 bits per heavy atom. The Hall–Kier alpha value is -3.04. The van der Waals surface area contributed by atoms with Gasteiger partial charge in [-0.05, 0) is 43.0 Å². The number of nitrogens with one attached hydrogen (secondary N) is 1. The van der Waals surface area contributed by atoms with E-state index < -0.39 is 11.9 Å². The fourth-order valence-corrected chi connectivity index (χ4v) is 3.13.